The fourth-order valence-electron chi connectivity index (χ4n) is 5.86. The zero-order chi connectivity index (χ0) is 23.6. The van der Waals surface area contributed by atoms with E-state index in [2.05, 4.69) is 22.1 Å². The van der Waals surface area contributed by atoms with Crippen LogP contribution in [0.4, 0.5) is 23.1 Å². The molecule has 3 fully saturated rings. The summed E-state index contributed by atoms with van der Waals surface area (Å²) in [5.74, 6) is 2.49. The molecule has 1 saturated heterocycles. The highest BCUT2D eigenvalue weighted by molar-refractivity contribution is 6.10. The van der Waals surface area contributed by atoms with E-state index < -0.39 is 5.54 Å². The largest absolute Gasteiger partial charge is 0.495 e. The van der Waals surface area contributed by atoms with Gasteiger partial charge in [-0.2, -0.15) is 4.98 Å². The summed E-state index contributed by atoms with van der Waals surface area (Å²) in [5, 5.41) is 3.33. The van der Waals surface area contributed by atoms with Crippen molar-refractivity contribution in [2.45, 2.75) is 63.0 Å². The van der Waals surface area contributed by atoms with Gasteiger partial charge in [-0.15, -0.1) is 0 Å². The number of nitrogens with one attached hydrogen (secondary N) is 1. The van der Waals surface area contributed by atoms with E-state index in [0.29, 0.717) is 23.7 Å². The molecule has 9 heteroatoms. The van der Waals surface area contributed by atoms with E-state index in [0.717, 1.165) is 42.0 Å². The van der Waals surface area contributed by atoms with Gasteiger partial charge in [0.15, 0.2) is 12.1 Å². The first-order valence-electron chi connectivity index (χ1n) is 12.1. The van der Waals surface area contributed by atoms with Crippen LogP contribution in [0, 0.1) is 5.92 Å². The SMILES string of the molecule is COc1cc(C2OC2OC)ccc1Nc1ncc2c(n1)N(C1CCCC1)C1(CC1C)C(=O)N2C. The summed E-state index contributed by atoms with van der Waals surface area (Å²) in [6.07, 6.45) is 6.94. The molecule has 1 aromatic carbocycles. The Morgan fingerprint density at radius 3 is 2.65 bits per heavy atom. The van der Waals surface area contributed by atoms with Gasteiger partial charge >= 0.3 is 0 Å². The van der Waals surface area contributed by atoms with Crippen LogP contribution in [0.3, 0.4) is 0 Å². The van der Waals surface area contributed by atoms with Crippen LogP contribution >= 0.6 is 0 Å². The summed E-state index contributed by atoms with van der Waals surface area (Å²) in [4.78, 5) is 27.0. The lowest BCUT2D eigenvalue weighted by Gasteiger charge is -2.45. The average Bonchev–Trinajstić information content (AvgIpc) is 3.70. The Morgan fingerprint density at radius 1 is 1.24 bits per heavy atom. The number of ether oxygens (including phenoxy) is 3. The molecule has 2 aromatic rings. The van der Waals surface area contributed by atoms with Crippen molar-refractivity contribution in [2.24, 2.45) is 5.92 Å². The molecule has 0 radical (unpaired) electrons. The molecule has 4 unspecified atom stereocenters. The van der Waals surface area contributed by atoms with Gasteiger partial charge in [0.25, 0.3) is 5.91 Å². The minimum atomic E-state index is -0.468. The Morgan fingerprint density at radius 2 is 2.00 bits per heavy atom. The van der Waals surface area contributed by atoms with Crippen LogP contribution < -0.4 is 19.9 Å². The molecule has 4 aliphatic rings. The number of fused-ring (bicyclic) bond motifs is 1. The normalized spacial score (nSPS) is 30.0. The van der Waals surface area contributed by atoms with Crippen LogP contribution in [-0.2, 0) is 14.3 Å². The van der Waals surface area contributed by atoms with Gasteiger partial charge in [-0.05, 0) is 42.9 Å². The van der Waals surface area contributed by atoms with Gasteiger partial charge in [-0.3, -0.25) is 4.79 Å². The molecule has 0 bridgehead atoms. The first-order valence-corrected chi connectivity index (χ1v) is 12.1. The maximum absolute atomic E-state index is 13.4. The second kappa shape index (κ2) is 7.81. The smallest absolute Gasteiger partial charge is 0.253 e. The van der Waals surface area contributed by atoms with Crippen molar-refractivity contribution in [3.63, 3.8) is 0 Å². The molecule has 4 atom stereocenters. The lowest BCUT2D eigenvalue weighted by Crippen LogP contribution is -2.59. The van der Waals surface area contributed by atoms with E-state index in [1.54, 1.807) is 25.3 Å². The van der Waals surface area contributed by atoms with E-state index in [-0.39, 0.29) is 18.3 Å². The zero-order valence-electron chi connectivity index (χ0n) is 20.1. The second-order valence-electron chi connectivity index (χ2n) is 9.85. The lowest BCUT2D eigenvalue weighted by molar-refractivity contribution is -0.121. The maximum Gasteiger partial charge on any atom is 0.253 e. The predicted octanol–water partition coefficient (Wildman–Crippen LogP) is 3.78. The lowest BCUT2D eigenvalue weighted by atomic mass is 10.0. The first kappa shape index (κ1) is 21.6. The van der Waals surface area contributed by atoms with Gasteiger partial charge in [-0.25, -0.2) is 4.98 Å². The minimum absolute atomic E-state index is 0.0716. The van der Waals surface area contributed by atoms with Crippen LogP contribution in [0.15, 0.2) is 24.4 Å². The molecule has 2 aliphatic carbocycles. The molecule has 1 aromatic heterocycles. The minimum Gasteiger partial charge on any atom is -0.495 e. The predicted molar refractivity (Wildman–Crippen MR) is 128 cm³/mol. The fourth-order valence-corrected chi connectivity index (χ4v) is 5.86. The molecule has 2 saturated carbocycles. The highest BCUT2D eigenvalue weighted by Gasteiger charge is 2.66. The van der Waals surface area contributed by atoms with Gasteiger partial charge < -0.3 is 29.3 Å². The van der Waals surface area contributed by atoms with Crippen molar-refractivity contribution in [3.05, 3.63) is 30.0 Å². The summed E-state index contributed by atoms with van der Waals surface area (Å²) in [7, 11) is 5.11. The number of methoxy groups -OCH3 is 2. The van der Waals surface area contributed by atoms with Crippen molar-refractivity contribution in [1.29, 1.82) is 0 Å². The maximum atomic E-state index is 13.4. The van der Waals surface area contributed by atoms with Crippen LogP contribution in [0.5, 0.6) is 5.75 Å². The van der Waals surface area contributed by atoms with Crippen molar-refractivity contribution in [1.82, 2.24) is 9.97 Å². The van der Waals surface area contributed by atoms with Gasteiger partial charge in [0.1, 0.15) is 23.1 Å². The highest BCUT2D eigenvalue weighted by atomic mass is 16.8. The third kappa shape index (κ3) is 3.17. The molecule has 1 N–H and O–H groups in total. The topological polar surface area (TPSA) is 92.3 Å². The molecular weight excluding hydrogens is 434 g/mol. The molecule has 1 amide bonds. The number of aromatic nitrogens is 2. The van der Waals surface area contributed by atoms with E-state index in [1.807, 2.05) is 25.2 Å². The molecule has 6 rings (SSSR count). The Bertz CT molecular complexity index is 1140. The average molecular weight is 466 g/mol. The number of anilines is 4. The number of amides is 1. The van der Waals surface area contributed by atoms with Crippen molar-refractivity contribution >= 4 is 29.0 Å². The number of benzene rings is 1. The number of carbonyl (C=O) groups excluding carboxylic acids is 1. The molecule has 9 nitrogen and oxygen atoms in total. The summed E-state index contributed by atoms with van der Waals surface area (Å²) >= 11 is 0. The number of carbonyl (C=O) groups is 1. The summed E-state index contributed by atoms with van der Waals surface area (Å²) < 4.78 is 16.4. The standard InChI is InChI=1S/C25H31N5O4/c1-14-12-25(14)23(31)29(2)18-13-26-24(28-21(18)30(25)16-7-5-6-8-16)27-17-10-9-15(11-19(17)32-3)20-22(33-4)34-20/h9-11,13-14,16,20,22H,5-8,12H2,1-4H3,(H,26,27,28). The zero-order valence-corrected chi connectivity index (χ0v) is 20.1. The van der Waals surface area contributed by atoms with Crippen molar-refractivity contribution < 1.29 is 19.0 Å². The van der Waals surface area contributed by atoms with E-state index in [1.165, 1.54) is 12.8 Å². The number of hydrogen-bond acceptors (Lipinski definition) is 8. The Kier molecular flexibility index (Phi) is 4.97. The number of nitrogens with zero attached hydrogens (tertiary/aromatic N) is 4. The van der Waals surface area contributed by atoms with Crippen LogP contribution in [0.1, 0.15) is 50.7 Å². The van der Waals surface area contributed by atoms with Gasteiger partial charge in [0.05, 0.1) is 19.0 Å². The number of hydrogen-bond donors (Lipinski definition) is 1. The molecular formula is C25H31N5O4. The van der Waals surface area contributed by atoms with Crippen molar-refractivity contribution in [2.75, 3.05) is 36.4 Å². The van der Waals surface area contributed by atoms with Gasteiger partial charge in [0.2, 0.25) is 5.95 Å². The van der Waals surface area contributed by atoms with E-state index >= 15 is 0 Å². The third-order valence-electron chi connectivity index (χ3n) is 7.89. The van der Waals surface area contributed by atoms with Crippen LogP contribution in [0.2, 0.25) is 0 Å². The Hall–Kier alpha value is -2.91. The van der Waals surface area contributed by atoms with Gasteiger partial charge in [-0.1, -0.05) is 25.8 Å². The highest BCUT2D eigenvalue weighted by Crippen LogP contribution is 2.57. The van der Waals surface area contributed by atoms with Crippen LogP contribution in [0.25, 0.3) is 0 Å². The number of rotatable bonds is 6. The Balaban J connectivity index is 1.34. The van der Waals surface area contributed by atoms with Gasteiger partial charge in [0, 0.05) is 20.2 Å². The van der Waals surface area contributed by atoms with E-state index in [4.69, 9.17) is 19.2 Å². The quantitative estimate of drug-likeness (QED) is 0.645. The summed E-state index contributed by atoms with van der Waals surface area (Å²) in [6.45, 7) is 2.17. The summed E-state index contributed by atoms with van der Waals surface area (Å²) in [5.41, 5.74) is 2.07. The molecule has 1 spiro atoms. The molecule has 180 valence electrons. The fraction of sp³-hybridized carbons (Fsp3) is 0.560. The third-order valence-corrected chi connectivity index (χ3v) is 7.89. The number of likely N-dealkylation sites (N-methyl/N-ethyl adjacent to an activating group) is 1. The summed E-state index contributed by atoms with van der Waals surface area (Å²) in [6, 6.07) is 6.22. The molecule has 34 heavy (non-hydrogen) atoms. The Labute approximate surface area is 199 Å². The monoisotopic (exact) mass is 465 g/mol. The second-order valence-corrected chi connectivity index (χ2v) is 9.85. The first-order chi connectivity index (χ1) is 16.5. The van der Waals surface area contributed by atoms with Crippen LogP contribution in [-0.4, -0.2) is 55.0 Å². The molecule has 3 heterocycles. The van der Waals surface area contributed by atoms with E-state index in [9.17, 15) is 4.79 Å². The number of epoxide rings is 1. The molecule has 2 aliphatic heterocycles. The van der Waals surface area contributed by atoms with Crippen molar-refractivity contribution in [3.8, 4) is 5.75 Å².